The third kappa shape index (κ3) is 2.35. The average Bonchev–Trinajstić information content (AvgIpc) is 2.71. The first-order valence-electron chi connectivity index (χ1n) is 9.30. The summed E-state index contributed by atoms with van der Waals surface area (Å²) in [6.07, 6.45) is 4.84. The fraction of sp³-hybridized carbons (Fsp3) is 0.700. The summed E-state index contributed by atoms with van der Waals surface area (Å²) in [5.41, 5.74) is 3.28. The van der Waals surface area contributed by atoms with Crippen LogP contribution < -0.4 is 0 Å². The van der Waals surface area contributed by atoms with Gasteiger partial charge in [0.15, 0.2) is 5.79 Å². The Kier molecular flexibility index (Phi) is 3.57. The molecule has 126 valence electrons. The summed E-state index contributed by atoms with van der Waals surface area (Å²) in [7, 11) is -1.17. The topological polar surface area (TPSA) is 18.5 Å². The zero-order chi connectivity index (χ0) is 16.3. The van der Waals surface area contributed by atoms with E-state index < -0.39 is 8.07 Å². The molecule has 0 aromatic heterocycles. The zero-order valence-corrected chi connectivity index (χ0v) is 16.0. The van der Waals surface area contributed by atoms with Crippen LogP contribution in [0.3, 0.4) is 0 Å². The van der Waals surface area contributed by atoms with Crippen LogP contribution in [0.5, 0.6) is 0 Å². The Balaban J connectivity index is 1.81. The molecular weight excluding hydrogens is 300 g/mol. The van der Waals surface area contributed by atoms with Crippen LogP contribution in [-0.2, 0) is 9.47 Å². The normalized spacial score (nSPS) is 37.9. The molecule has 4 aliphatic rings. The van der Waals surface area contributed by atoms with E-state index >= 15 is 0 Å². The van der Waals surface area contributed by atoms with Crippen molar-refractivity contribution in [2.75, 3.05) is 6.61 Å². The summed E-state index contributed by atoms with van der Waals surface area (Å²) in [6.45, 7) is 10.7. The predicted molar refractivity (Wildman–Crippen MR) is 96.4 cm³/mol. The Morgan fingerprint density at radius 1 is 1.17 bits per heavy atom. The number of hydrogen-bond acceptors (Lipinski definition) is 2. The summed E-state index contributed by atoms with van der Waals surface area (Å²) in [5.74, 6) is 0.0990. The van der Waals surface area contributed by atoms with E-state index in [1.54, 1.807) is 0 Å². The maximum atomic E-state index is 6.63. The first kappa shape index (κ1) is 15.9. The van der Waals surface area contributed by atoms with Gasteiger partial charge in [0.05, 0.1) is 12.7 Å². The Bertz CT molecular complexity index is 608. The first-order valence-corrected chi connectivity index (χ1v) is 13.0. The Morgan fingerprint density at radius 3 is 2.61 bits per heavy atom. The van der Waals surface area contributed by atoms with Gasteiger partial charge < -0.3 is 9.47 Å². The molecule has 0 N–H and O–H groups in total. The highest BCUT2D eigenvalue weighted by Crippen LogP contribution is 2.69. The SMILES string of the molecule is CCCC[C@@]12OC[C@@]3(C[Si](C)(C)C)CC(O1)c1ccccc1[C@@H]32. The molecule has 4 bridgehead atoms. The maximum absolute atomic E-state index is 6.63. The average molecular weight is 331 g/mol. The Hall–Kier alpha value is -0.643. The summed E-state index contributed by atoms with van der Waals surface area (Å²) >= 11 is 0. The molecule has 3 aliphatic heterocycles. The lowest BCUT2D eigenvalue weighted by Gasteiger charge is -2.55. The van der Waals surface area contributed by atoms with Crippen molar-refractivity contribution in [3.8, 4) is 0 Å². The molecule has 1 aromatic rings. The number of ether oxygens (including phenoxy) is 2. The highest BCUT2D eigenvalue weighted by atomic mass is 28.3. The highest BCUT2D eigenvalue weighted by molar-refractivity contribution is 6.76. The molecule has 1 unspecified atom stereocenters. The molecule has 0 amide bonds. The van der Waals surface area contributed by atoms with Gasteiger partial charge in [-0.1, -0.05) is 57.3 Å². The summed E-state index contributed by atoms with van der Waals surface area (Å²) < 4.78 is 13.1. The van der Waals surface area contributed by atoms with Crippen LogP contribution >= 0.6 is 0 Å². The largest absolute Gasteiger partial charge is 0.349 e. The van der Waals surface area contributed by atoms with E-state index in [1.807, 2.05) is 0 Å². The van der Waals surface area contributed by atoms with Crippen molar-refractivity contribution < 1.29 is 9.47 Å². The van der Waals surface area contributed by atoms with Crippen LogP contribution in [0.1, 0.15) is 55.8 Å². The van der Waals surface area contributed by atoms with Gasteiger partial charge in [-0.25, -0.2) is 0 Å². The maximum Gasteiger partial charge on any atom is 0.176 e. The first-order chi connectivity index (χ1) is 10.9. The standard InChI is InChI=1S/C20H30O2Si/c1-5-6-11-20-18-16-10-8-7-9-15(16)17(22-20)12-19(18,13-21-20)14-23(2,3)4/h7-10,17-18H,5-6,11-14H2,1-4H3/t17?,18-,19+,20+/m0/s1. The zero-order valence-electron chi connectivity index (χ0n) is 15.0. The van der Waals surface area contributed by atoms with E-state index in [-0.39, 0.29) is 11.9 Å². The second-order valence-corrected chi connectivity index (χ2v) is 14.7. The van der Waals surface area contributed by atoms with E-state index in [0.717, 1.165) is 19.4 Å². The molecule has 23 heavy (non-hydrogen) atoms. The van der Waals surface area contributed by atoms with Crippen LogP contribution in [0.2, 0.25) is 25.7 Å². The second-order valence-electron chi connectivity index (χ2n) is 9.18. The van der Waals surface area contributed by atoms with Gasteiger partial charge in [0.1, 0.15) is 0 Å². The lowest BCUT2D eigenvalue weighted by atomic mass is 9.60. The van der Waals surface area contributed by atoms with E-state index in [2.05, 4.69) is 50.8 Å². The summed E-state index contributed by atoms with van der Waals surface area (Å²) in [5, 5.41) is 0. The molecule has 4 atom stereocenters. The van der Waals surface area contributed by atoms with Crippen LogP contribution in [0.4, 0.5) is 0 Å². The van der Waals surface area contributed by atoms with Gasteiger partial charge in [-0.15, -0.1) is 0 Å². The fourth-order valence-electron chi connectivity index (χ4n) is 5.62. The third-order valence-corrected chi connectivity index (χ3v) is 7.77. The van der Waals surface area contributed by atoms with Crippen molar-refractivity contribution in [2.45, 2.75) is 76.1 Å². The van der Waals surface area contributed by atoms with Crippen molar-refractivity contribution in [3.63, 3.8) is 0 Å². The number of unbranched alkanes of at least 4 members (excludes halogenated alkanes) is 1. The molecule has 0 radical (unpaired) electrons. The van der Waals surface area contributed by atoms with Gasteiger partial charge in [0.25, 0.3) is 0 Å². The summed E-state index contributed by atoms with van der Waals surface area (Å²) in [6, 6.07) is 10.3. The van der Waals surface area contributed by atoms with Crippen LogP contribution in [-0.4, -0.2) is 20.5 Å². The predicted octanol–water partition coefficient (Wildman–Crippen LogP) is 5.49. The van der Waals surface area contributed by atoms with Gasteiger partial charge >= 0.3 is 0 Å². The van der Waals surface area contributed by atoms with Crippen molar-refractivity contribution in [3.05, 3.63) is 35.4 Å². The Morgan fingerprint density at radius 2 is 1.91 bits per heavy atom. The molecular formula is C20H30O2Si. The van der Waals surface area contributed by atoms with E-state index in [1.165, 1.54) is 30.0 Å². The molecule has 0 saturated carbocycles. The third-order valence-electron chi connectivity index (χ3n) is 6.00. The van der Waals surface area contributed by atoms with Crippen LogP contribution in [0, 0.1) is 5.41 Å². The van der Waals surface area contributed by atoms with Gasteiger partial charge in [0, 0.05) is 25.8 Å². The van der Waals surface area contributed by atoms with Gasteiger partial charge in [0.2, 0.25) is 0 Å². The summed E-state index contributed by atoms with van der Waals surface area (Å²) in [4.78, 5) is 0. The molecule has 3 heteroatoms. The fourth-order valence-corrected chi connectivity index (χ4v) is 8.18. The van der Waals surface area contributed by atoms with E-state index in [0.29, 0.717) is 11.3 Å². The number of hydrogen-bond donors (Lipinski definition) is 0. The van der Waals surface area contributed by atoms with Crippen molar-refractivity contribution >= 4 is 8.07 Å². The van der Waals surface area contributed by atoms with Crippen LogP contribution in [0.25, 0.3) is 0 Å². The molecule has 2 fully saturated rings. The van der Waals surface area contributed by atoms with Gasteiger partial charge in [-0.05, 0) is 30.0 Å². The number of rotatable bonds is 5. The minimum Gasteiger partial charge on any atom is -0.349 e. The van der Waals surface area contributed by atoms with Crippen molar-refractivity contribution in [1.82, 2.24) is 0 Å². The molecule has 0 spiro atoms. The van der Waals surface area contributed by atoms with Gasteiger partial charge in [-0.3, -0.25) is 0 Å². The molecule has 5 rings (SSSR count). The molecule has 3 heterocycles. The second kappa shape index (κ2) is 5.17. The molecule has 2 nitrogen and oxygen atoms in total. The smallest absolute Gasteiger partial charge is 0.176 e. The minimum absolute atomic E-state index is 0.243. The number of benzene rings is 1. The van der Waals surface area contributed by atoms with Crippen molar-refractivity contribution in [1.29, 1.82) is 0 Å². The highest BCUT2D eigenvalue weighted by Gasteiger charge is 2.67. The lowest BCUT2D eigenvalue weighted by Crippen LogP contribution is -2.53. The molecule has 1 aromatic carbocycles. The van der Waals surface area contributed by atoms with E-state index in [4.69, 9.17) is 9.47 Å². The monoisotopic (exact) mass is 330 g/mol. The van der Waals surface area contributed by atoms with Crippen LogP contribution in [0.15, 0.2) is 24.3 Å². The minimum atomic E-state index is -1.17. The lowest BCUT2D eigenvalue weighted by molar-refractivity contribution is -0.269. The van der Waals surface area contributed by atoms with Crippen molar-refractivity contribution in [2.24, 2.45) is 5.41 Å². The van der Waals surface area contributed by atoms with E-state index in [9.17, 15) is 0 Å². The molecule has 2 saturated heterocycles. The quantitative estimate of drug-likeness (QED) is 0.665. The van der Waals surface area contributed by atoms with Gasteiger partial charge in [-0.2, -0.15) is 0 Å². The molecule has 1 aliphatic carbocycles. The Labute approximate surface area is 141 Å².